The normalized spacial score (nSPS) is 13.7. The molecule has 1 aliphatic heterocycles. The molecule has 0 bridgehead atoms. The lowest BCUT2D eigenvalue weighted by Crippen LogP contribution is -2.20. The molecule has 62 valence electrons. The van der Waals surface area contributed by atoms with Gasteiger partial charge in [0.05, 0.1) is 12.1 Å². The average molecular weight is 166 g/mol. The molecule has 0 radical (unpaired) electrons. The predicted octanol–water partition coefficient (Wildman–Crippen LogP) is -0.552. The van der Waals surface area contributed by atoms with E-state index >= 15 is 0 Å². The second-order valence-corrected chi connectivity index (χ2v) is 2.42. The van der Waals surface area contributed by atoms with Crippen LogP contribution in [0.25, 0.3) is 0 Å². The van der Waals surface area contributed by atoms with Crippen molar-refractivity contribution in [1.29, 1.82) is 0 Å². The van der Waals surface area contributed by atoms with Crippen LogP contribution in [0, 0.1) is 0 Å². The molecule has 0 N–H and O–H groups in total. The lowest BCUT2D eigenvalue weighted by Gasteiger charge is -2.00. The van der Waals surface area contributed by atoms with Gasteiger partial charge in [0.1, 0.15) is 6.61 Å². The standard InChI is InChI=1S/C7H6N2O3/c10-4-5-3-8-7(11)9-1-2-12-6(5)9/h3-4H,1-2H2. The van der Waals surface area contributed by atoms with Gasteiger partial charge >= 0.3 is 5.69 Å². The first-order chi connectivity index (χ1) is 5.83. The summed E-state index contributed by atoms with van der Waals surface area (Å²) in [5, 5.41) is 0. The Morgan fingerprint density at radius 1 is 1.67 bits per heavy atom. The molecule has 2 heterocycles. The largest absolute Gasteiger partial charge is 0.476 e. The molecule has 0 aliphatic carbocycles. The third kappa shape index (κ3) is 0.827. The van der Waals surface area contributed by atoms with Gasteiger partial charge in [0.2, 0.25) is 5.88 Å². The molecular weight excluding hydrogens is 160 g/mol. The number of carbonyl (C=O) groups excluding carboxylic acids is 1. The van der Waals surface area contributed by atoms with Crippen LogP contribution in [0.4, 0.5) is 0 Å². The van der Waals surface area contributed by atoms with Crippen LogP contribution in [-0.4, -0.2) is 22.4 Å². The summed E-state index contributed by atoms with van der Waals surface area (Å²) in [5.41, 5.74) is -0.0415. The molecule has 1 aromatic rings. The fraction of sp³-hybridized carbons (Fsp3) is 0.286. The van der Waals surface area contributed by atoms with Crippen LogP contribution in [0.1, 0.15) is 10.4 Å². The molecule has 0 spiro atoms. The fourth-order valence-electron chi connectivity index (χ4n) is 1.17. The van der Waals surface area contributed by atoms with Crippen LogP contribution in [0.3, 0.4) is 0 Å². The Bertz CT molecular complexity index is 383. The van der Waals surface area contributed by atoms with Gasteiger partial charge in [-0.3, -0.25) is 9.36 Å². The van der Waals surface area contributed by atoms with Gasteiger partial charge in [-0.15, -0.1) is 0 Å². The zero-order chi connectivity index (χ0) is 8.55. The Morgan fingerprint density at radius 3 is 3.25 bits per heavy atom. The van der Waals surface area contributed by atoms with Gasteiger partial charge in [0.15, 0.2) is 6.29 Å². The van der Waals surface area contributed by atoms with Crippen molar-refractivity contribution in [3.8, 4) is 5.88 Å². The van der Waals surface area contributed by atoms with Gasteiger partial charge in [0, 0.05) is 6.20 Å². The molecule has 0 aromatic carbocycles. The Balaban J connectivity index is 2.72. The maximum Gasteiger partial charge on any atom is 0.350 e. The average Bonchev–Trinajstić information content (AvgIpc) is 2.54. The van der Waals surface area contributed by atoms with E-state index in [9.17, 15) is 9.59 Å². The van der Waals surface area contributed by atoms with Crippen molar-refractivity contribution in [3.05, 3.63) is 22.2 Å². The molecule has 1 aliphatic rings. The van der Waals surface area contributed by atoms with E-state index in [1.165, 1.54) is 10.8 Å². The Kier molecular flexibility index (Phi) is 1.43. The highest BCUT2D eigenvalue weighted by molar-refractivity contribution is 5.77. The van der Waals surface area contributed by atoms with Gasteiger partial charge in [-0.2, -0.15) is 0 Å². The predicted molar refractivity (Wildman–Crippen MR) is 39.4 cm³/mol. The summed E-state index contributed by atoms with van der Waals surface area (Å²) in [7, 11) is 0. The second kappa shape index (κ2) is 2.44. The van der Waals surface area contributed by atoms with Crippen molar-refractivity contribution in [2.75, 3.05) is 6.61 Å². The van der Waals surface area contributed by atoms with Crippen LogP contribution in [0.15, 0.2) is 11.0 Å². The molecular formula is C7H6N2O3. The number of rotatable bonds is 1. The lowest BCUT2D eigenvalue weighted by atomic mass is 10.3. The van der Waals surface area contributed by atoms with E-state index in [4.69, 9.17) is 4.74 Å². The molecule has 0 saturated heterocycles. The van der Waals surface area contributed by atoms with E-state index in [0.29, 0.717) is 30.9 Å². The number of aldehydes is 1. The smallest absolute Gasteiger partial charge is 0.350 e. The maximum absolute atomic E-state index is 11.0. The summed E-state index contributed by atoms with van der Waals surface area (Å²) in [5.74, 6) is 0.338. The summed E-state index contributed by atoms with van der Waals surface area (Å²) < 4.78 is 6.44. The van der Waals surface area contributed by atoms with Crippen LogP contribution in [0.5, 0.6) is 5.88 Å². The van der Waals surface area contributed by atoms with Crippen LogP contribution in [0.2, 0.25) is 0 Å². The molecule has 5 heteroatoms. The van der Waals surface area contributed by atoms with Crippen molar-refractivity contribution >= 4 is 6.29 Å². The zero-order valence-electron chi connectivity index (χ0n) is 6.19. The minimum atomic E-state index is -0.367. The summed E-state index contributed by atoms with van der Waals surface area (Å²) in [6.07, 6.45) is 1.86. The van der Waals surface area contributed by atoms with Crippen molar-refractivity contribution in [1.82, 2.24) is 9.55 Å². The molecule has 0 unspecified atom stereocenters. The highest BCUT2D eigenvalue weighted by atomic mass is 16.5. The first kappa shape index (κ1) is 7.02. The Morgan fingerprint density at radius 2 is 2.50 bits per heavy atom. The molecule has 0 atom stereocenters. The van der Waals surface area contributed by atoms with E-state index in [-0.39, 0.29) is 5.69 Å². The van der Waals surface area contributed by atoms with E-state index in [1.807, 2.05) is 0 Å². The number of hydrogen-bond acceptors (Lipinski definition) is 4. The molecule has 12 heavy (non-hydrogen) atoms. The highest BCUT2D eigenvalue weighted by Crippen LogP contribution is 2.17. The molecule has 0 amide bonds. The fourth-order valence-corrected chi connectivity index (χ4v) is 1.17. The van der Waals surface area contributed by atoms with E-state index in [2.05, 4.69) is 4.98 Å². The van der Waals surface area contributed by atoms with Gasteiger partial charge in [-0.25, -0.2) is 9.78 Å². The third-order valence-electron chi connectivity index (χ3n) is 1.72. The van der Waals surface area contributed by atoms with Crippen molar-refractivity contribution in [2.24, 2.45) is 0 Å². The number of aromatic nitrogens is 2. The van der Waals surface area contributed by atoms with Crippen molar-refractivity contribution < 1.29 is 9.53 Å². The SMILES string of the molecule is O=Cc1cnc(=O)n2c1OCC2. The maximum atomic E-state index is 11.0. The molecule has 0 saturated carbocycles. The quantitative estimate of drug-likeness (QED) is 0.525. The topological polar surface area (TPSA) is 61.2 Å². The minimum Gasteiger partial charge on any atom is -0.476 e. The summed E-state index contributed by atoms with van der Waals surface area (Å²) in [6.45, 7) is 0.907. The first-order valence-electron chi connectivity index (χ1n) is 3.51. The van der Waals surface area contributed by atoms with E-state index in [0.717, 1.165) is 0 Å². The van der Waals surface area contributed by atoms with Gasteiger partial charge in [0.25, 0.3) is 0 Å². The van der Waals surface area contributed by atoms with E-state index in [1.54, 1.807) is 0 Å². The number of nitrogens with zero attached hydrogens (tertiary/aromatic N) is 2. The Hall–Kier alpha value is -1.65. The van der Waals surface area contributed by atoms with Gasteiger partial charge < -0.3 is 4.74 Å². The number of hydrogen-bond donors (Lipinski definition) is 0. The van der Waals surface area contributed by atoms with Crippen molar-refractivity contribution in [2.45, 2.75) is 6.54 Å². The van der Waals surface area contributed by atoms with Gasteiger partial charge in [-0.05, 0) is 0 Å². The molecule has 5 nitrogen and oxygen atoms in total. The summed E-state index contributed by atoms with van der Waals surface area (Å²) in [4.78, 5) is 25.0. The van der Waals surface area contributed by atoms with Crippen LogP contribution >= 0.6 is 0 Å². The van der Waals surface area contributed by atoms with Crippen LogP contribution in [-0.2, 0) is 6.54 Å². The van der Waals surface area contributed by atoms with Gasteiger partial charge in [-0.1, -0.05) is 0 Å². The summed E-state index contributed by atoms with van der Waals surface area (Å²) in [6, 6.07) is 0. The molecule has 1 aromatic heterocycles. The highest BCUT2D eigenvalue weighted by Gasteiger charge is 2.17. The number of fused-ring (bicyclic) bond motifs is 1. The zero-order valence-corrected chi connectivity index (χ0v) is 6.19. The first-order valence-corrected chi connectivity index (χ1v) is 3.51. The van der Waals surface area contributed by atoms with Crippen molar-refractivity contribution in [3.63, 3.8) is 0 Å². The Labute approximate surface area is 67.6 Å². The number of carbonyl (C=O) groups is 1. The monoisotopic (exact) mass is 166 g/mol. The number of ether oxygens (including phenoxy) is 1. The lowest BCUT2D eigenvalue weighted by molar-refractivity contribution is 0.111. The van der Waals surface area contributed by atoms with Crippen LogP contribution < -0.4 is 10.4 Å². The van der Waals surface area contributed by atoms with E-state index < -0.39 is 0 Å². The third-order valence-corrected chi connectivity index (χ3v) is 1.72. The molecule has 0 fully saturated rings. The summed E-state index contributed by atoms with van der Waals surface area (Å²) >= 11 is 0. The second-order valence-electron chi connectivity index (χ2n) is 2.42. The molecule has 2 rings (SSSR count). The minimum absolute atomic E-state index is 0.326.